The summed E-state index contributed by atoms with van der Waals surface area (Å²) in [6.07, 6.45) is 1.03. The van der Waals surface area contributed by atoms with Crippen LogP contribution in [0.4, 0.5) is 0 Å². The van der Waals surface area contributed by atoms with E-state index in [4.69, 9.17) is 11.0 Å². The topological polar surface area (TPSA) is 49.8 Å². The molecule has 0 aliphatic heterocycles. The van der Waals surface area contributed by atoms with Gasteiger partial charge in [0.2, 0.25) is 0 Å². The molecular weight excluding hydrogens is 88.1 g/mol. The smallest absolute Gasteiger partial charge is 0.0659 e. The summed E-state index contributed by atoms with van der Waals surface area (Å²) in [6.45, 7) is 0.693. The molecular formula is C5H8N2. The van der Waals surface area contributed by atoms with E-state index in [9.17, 15) is 0 Å². The molecule has 1 aliphatic rings. The van der Waals surface area contributed by atoms with E-state index in [0.29, 0.717) is 18.4 Å². The number of nitrogens with zero attached hydrogens (tertiary/aromatic N) is 1. The number of hydrogen-bond donors (Lipinski definition) is 1. The molecule has 2 N–H and O–H groups in total. The minimum absolute atomic E-state index is 0.296. The molecule has 1 fully saturated rings. The zero-order chi connectivity index (χ0) is 5.28. The minimum atomic E-state index is 0.296. The van der Waals surface area contributed by atoms with Crippen molar-refractivity contribution in [1.29, 1.82) is 5.26 Å². The van der Waals surface area contributed by atoms with Crippen LogP contribution in [0.2, 0.25) is 0 Å². The molecule has 0 aromatic carbocycles. The highest BCUT2D eigenvalue weighted by molar-refractivity contribution is 5.01. The second-order valence-corrected chi connectivity index (χ2v) is 1.97. The third-order valence-corrected chi connectivity index (χ3v) is 1.39. The molecule has 1 aliphatic carbocycles. The molecule has 2 nitrogen and oxygen atoms in total. The van der Waals surface area contributed by atoms with Crippen molar-refractivity contribution in [3.8, 4) is 6.07 Å². The van der Waals surface area contributed by atoms with Crippen molar-refractivity contribution in [1.82, 2.24) is 0 Å². The summed E-state index contributed by atoms with van der Waals surface area (Å²) in [5.74, 6) is 0.829. The lowest BCUT2D eigenvalue weighted by atomic mass is 10.3. The van der Waals surface area contributed by atoms with Gasteiger partial charge >= 0.3 is 0 Å². The molecule has 0 spiro atoms. The van der Waals surface area contributed by atoms with Crippen LogP contribution in [0.15, 0.2) is 0 Å². The van der Waals surface area contributed by atoms with Gasteiger partial charge in [-0.15, -0.1) is 0 Å². The van der Waals surface area contributed by atoms with Crippen molar-refractivity contribution in [2.45, 2.75) is 6.42 Å². The highest BCUT2D eigenvalue weighted by atomic mass is 14.6. The van der Waals surface area contributed by atoms with E-state index in [-0.39, 0.29) is 0 Å². The first-order valence-corrected chi connectivity index (χ1v) is 2.48. The Kier molecular flexibility index (Phi) is 0.994. The van der Waals surface area contributed by atoms with E-state index in [1.54, 1.807) is 0 Å². The van der Waals surface area contributed by atoms with Gasteiger partial charge in [0.15, 0.2) is 0 Å². The largest absolute Gasteiger partial charge is 0.330 e. The second-order valence-electron chi connectivity index (χ2n) is 1.97. The third-order valence-electron chi connectivity index (χ3n) is 1.39. The molecule has 0 aromatic rings. The predicted octanol–water partition coefficient (Wildman–Crippen LogP) is 0.105. The average molecular weight is 96.1 g/mol. The molecule has 7 heavy (non-hydrogen) atoms. The first-order valence-electron chi connectivity index (χ1n) is 2.48. The number of hydrogen-bond acceptors (Lipinski definition) is 2. The van der Waals surface area contributed by atoms with E-state index < -0.39 is 0 Å². The molecule has 0 amide bonds. The Morgan fingerprint density at radius 2 is 2.57 bits per heavy atom. The lowest BCUT2D eigenvalue weighted by molar-refractivity contribution is 0.804. The molecule has 0 unspecified atom stereocenters. The Labute approximate surface area is 42.9 Å². The van der Waals surface area contributed by atoms with Crippen molar-refractivity contribution in [3.05, 3.63) is 0 Å². The van der Waals surface area contributed by atoms with Crippen molar-refractivity contribution in [3.63, 3.8) is 0 Å². The summed E-state index contributed by atoms with van der Waals surface area (Å²) in [5, 5.41) is 8.20. The number of nitrogens with two attached hydrogens (primary N) is 1. The maximum absolute atomic E-state index is 8.20. The highest BCUT2D eigenvalue weighted by Crippen LogP contribution is 2.35. The van der Waals surface area contributed by atoms with Gasteiger partial charge in [-0.3, -0.25) is 0 Å². The molecule has 2 heteroatoms. The van der Waals surface area contributed by atoms with Crippen molar-refractivity contribution in [2.24, 2.45) is 17.6 Å². The monoisotopic (exact) mass is 96.1 g/mol. The zero-order valence-electron chi connectivity index (χ0n) is 4.09. The second kappa shape index (κ2) is 1.51. The quantitative estimate of drug-likeness (QED) is 0.503. The first kappa shape index (κ1) is 4.61. The summed E-state index contributed by atoms with van der Waals surface area (Å²) in [7, 11) is 0. The maximum atomic E-state index is 8.20. The van der Waals surface area contributed by atoms with Crippen molar-refractivity contribution >= 4 is 0 Å². The molecule has 1 saturated carbocycles. The Hall–Kier alpha value is -0.550. The average Bonchev–Trinajstić information content (AvgIpc) is 2.43. The summed E-state index contributed by atoms with van der Waals surface area (Å²) in [6, 6.07) is 2.16. The van der Waals surface area contributed by atoms with Crippen LogP contribution in [0.25, 0.3) is 0 Å². The number of rotatable bonds is 1. The van der Waals surface area contributed by atoms with Crippen molar-refractivity contribution < 1.29 is 0 Å². The normalized spacial score (nSPS) is 37.1. The highest BCUT2D eigenvalue weighted by Gasteiger charge is 2.35. The maximum Gasteiger partial charge on any atom is 0.0659 e. The molecule has 0 aromatic heterocycles. The Morgan fingerprint density at radius 3 is 2.71 bits per heavy atom. The predicted molar refractivity (Wildman–Crippen MR) is 26.3 cm³/mol. The minimum Gasteiger partial charge on any atom is -0.330 e. The lowest BCUT2D eigenvalue weighted by Gasteiger charge is -1.78. The van der Waals surface area contributed by atoms with Gasteiger partial charge in [-0.1, -0.05) is 0 Å². The number of nitriles is 1. The molecule has 0 bridgehead atoms. The molecule has 0 heterocycles. The van der Waals surface area contributed by atoms with Crippen LogP contribution in [0.3, 0.4) is 0 Å². The van der Waals surface area contributed by atoms with E-state index in [1.807, 2.05) is 0 Å². The van der Waals surface area contributed by atoms with E-state index in [0.717, 1.165) is 6.42 Å². The zero-order valence-corrected chi connectivity index (χ0v) is 4.09. The van der Waals surface area contributed by atoms with Crippen LogP contribution >= 0.6 is 0 Å². The molecule has 1 rings (SSSR count). The molecule has 0 saturated heterocycles. The standard InChI is InChI=1S/C5H8N2/c6-2-4-1-5(4)3-7/h4-5H,1-2,6H2/t4-,5+/m1/s1. The third kappa shape index (κ3) is 0.726. The SMILES string of the molecule is N#C[C@@H]1C[C@@H]1CN. The fraction of sp³-hybridized carbons (Fsp3) is 0.800. The molecule has 38 valence electrons. The van der Waals surface area contributed by atoms with Crippen LogP contribution in [0.5, 0.6) is 0 Å². The van der Waals surface area contributed by atoms with E-state index in [1.165, 1.54) is 0 Å². The van der Waals surface area contributed by atoms with Crippen molar-refractivity contribution in [2.75, 3.05) is 6.54 Å². The first-order chi connectivity index (χ1) is 3.38. The summed E-state index contributed by atoms with van der Waals surface area (Å²) in [5.41, 5.74) is 5.25. The van der Waals surface area contributed by atoms with Crippen LogP contribution in [0.1, 0.15) is 6.42 Å². The van der Waals surface area contributed by atoms with Gasteiger partial charge in [0.25, 0.3) is 0 Å². The van der Waals surface area contributed by atoms with Gasteiger partial charge < -0.3 is 5.73 Å². The van der Waals surface area contributed by atoms with E-state index in [2.05, 4.69) is 6.07 Å². The fourth-order valence-electron chi connectivity index (χ4n) is 0.666. The Bertz CT molecular complexity index is 103. The van der Waals surface area contributed by atoms with Crippen LogP contribution in [-0.2, 0) is 0 Å². The van der Waals surface area contributed by atoms with Gasteiger partial charge in [0.05, 0.1) is 12.0 Å². The lowest BCUT2D eigenvalue weighted by Crippen LogP contribution is -2.01. The fourth-order valence-corrected chi connectivity index (χ4v) is 0.666. The van der Waals surface area contributed by atoms with Crippen LogP contribution in [-0.4, -0.2) is 6.54 Å². The van der Waals surface area contributed by atoms with Gasteiger partial charge in [0, 0.05) is 0 Å². The molecule has 2 atom stereocenters. The van der Waals surface area contributed by atoms with Gasteiger partial charge in [-0.25, -0.2) is 0 Å². The summed E-state index contributed by atoms with van der Waals surface area (Å²) in [4.78, 5) is 0. The molecule has 0 radical (unpaired) electrons. The van der Waals surface area contributed by atoms with Gasteiger partial charge in [-0.2, -0.15) is 5.26 Å². The Balaban J connectivity index is 2.21. The summed E-state index contributed by atoms with van der Waals surface area (Å²) >= 11 is 0. The Morgan fingerprint density at radius 1 is 1.86 bits per heavy atom. The van der Waals surface area contributed by atoms with Gasteiger partial charge in [0.1, 0.15) is 0 Å². The van der Waals surface area contributed by atoms with Crippen LogP contribution < -0.4 is 5.73 Å². The van der Waals surface area contributed by atoms with Crippen LogP contribution in [0, 0.1) is 23.2 Å². The van der Waals surface area contributed by atoms with E-state index >= 15 is 0 Å². The van der Waals surface area contributed by atoms with Gasteiger partial charge in [-0.05, 0) is 18.9 Å². The summed E-state index contributed by atoms with van der Waals surface area (Å²) < 4.78 is 0.